The largest absolute Gasteiger partial charge is 0.465 e. The van der Waals surface area contributed by atoms with Gasteiger partial charge in [0.05, 0.1) is 18.0 Å². The van der Waals surface area contributed by atoms with E-state index < -0.39 is 0 Å². The summed E-state index contributed by atoms with van der Waals surface area (Å²) in [6.45, 7) is 1.93. The van der Waals surface area contributed by atoms with Crippen LogP contribution in [0, 0.1) is 18.8 Å². The fourth-order valence-electron chi connectivity index (χ4n) is 7.26. The van der Waals surface area contributed by atoms with Crippen molar-refractivity contribution < 1.29 is 9.53 Å². The molecular weight excluding hydrogens is 462 g/mol. The normalized spacial score (nSPS) is 30.5. The van der Waals surface area contributed by atoms with E-state index in [-0.39, 0.29) is 16.9 Å². The quantitative estimate of drug-likeness (QED) is 0.407. The number of carbonyl (C=O) groups is 1. The molecule has 0 saturated heterocycles. The Kier molecular flexibility index (Phi) is 3.91. The highest BCUT2D eigenvalue weighted by molar-refractivity contribution is 7.20. The fraction of sp³-hybridized carbons (Fsp3) is 0.545. The van der Waals surface area contributed by atoms with E-state index in [1.165, 1.54) is 24.9 Å². The Labute approximate surface area is 198 Å². The fourth-order valence-corrected chi connectivity index (χ4v) is 8.45. The molecule has 4 fully saturated rings. The van der Waals surface area contributed by atoms with E-state index >= 15 is 0 Å². The van der Waals surface area contributed by atoms with Gasteiger partial charge >= 0.3 is 5.97 Å². The highest BCUT2D eigenvalue weighted by Crippen LogP contribution is 2.64. The zero-order chi connectivity index (χ0) is 22.5. The van der Waals surface area contributed by atoms with E-state index in [9.17, 15) is 4.79 Å². The summed E-state index contributed by atoms with van der Waals surface area (Å²) < 4.78 is 8.75. The zero-order valence-corrected chi connectivity index (χ0v) is 19.9. The lowest BCUT2D eigenvalue weighted by Gasteiger charge is -2.60. The molecule has 9 nitrogen and oxygen atoms in total. The van der Waals surface area contributed by atoms with Crippen molar-refractivity contribution in [2.45, 2.75) is 56.4 Å². The number of methoxy groups -OCH3 is 1. The van der Waals surface area contributed by atoms with Crippen molar-refractivity contribution in [1.82, 2.24) is 34.3 Å². The Balaban J connectivity index is 1.38. The molecule has 2 unspecified atom stereocenters. The molecule has 4 saturated carbocycles. The summed E-state index contributed by atoms with van der Waals surface area (Å²) in [6.07, 6.45) is 10.1. The standard InChI is InChI=1S/C22H22ClN7O2S/c1-11-14-16-26-19(27-29(16)9-24-17(14)33-15(11)18(31)32-2)21-4-12-3-13(5-21)7-22(6-12,8-21)30-10-25-20(23)28-30/h9-10,12-13H,3-8H2,1-2H3. The number of hydrogen-bond donors (Lipinski definition) is 0. The van der Waals surface area contributed by atoms with Crippen LogP contribution in [0.1, 0.15) is 59.6 Å². The first-order chi connectivity index (χ1) is 15.9. The first-order valence-corrected chi connectivity index (χ1v) is 12.4. The molecular formula is C22H22ClN7O2S. The second-order valence-corrected chi connectivity index (χ2v) is 11.4. The lowest BCUT2D eigenvalue weighted by atomic mass is 9.46. The molecule has 0 radical (unpaired) electrons. The molecule has 170 valence electrons. The van der Waals surface area contributed by atoms with Gasteiger partial charge in [-0.15, -0.1) is 21.5 Å². The zero-order valence-electron chi connectivity index (χ0n) is 18.3. The van der Waals surface area contributed by atoms with Crippen molar-refractivity contribution in [3.05, 3.63) is 34.2 Å². The Morgan fingerprint density at radius 3 is 2.67 bits per heavy atom. The van der Waals surface area contributed by atoms with Crippen LogP contribution in [0.15, 0.2) is 12.7 Å². The summed E-state index contributed by atoms with van der Waals surface area (Å²) in [4.78, 5) is 27.5. The highest BCUT2D eigenvalue weighted by atomic mass is 35.5. The third-order valence-corrected chi connectivity index (χ3v) is 9.45. The van der Waals surface area contributed by atoms with Crippen LogP contribution >= 0.6 is 22.9 Å². The molecule has 4 aromatic heterocycles. The van der Waals surface area contributed by atoms with Gasteiger partial charge in [0.15, 0.2) is 11.5 Å². The number of hydrogen-bond acceptors (Lipinski definition) is 8. The minimum absolute atomic E-state index is 0.0778. The molecule has 0 aromatic carbocycles. The van der Waals surface area contributed by atoms with Gasteiger partial charge in [-0.05, 0) is 74.4 Å². The van der Waals surface area contributed by atoms with Gasteiger partial charge in [0, 0.05) is 5.41 Å². The molecule has 4 aliphatic carbocycles. The average Bonchev–Trinajstić information content (AvgIpc) is 3.49. The van der Waals surface area contributed by atoms with Crippen molar-refractivity contribution in [2.24, 2.45) is 11.8 Å². The number of carbonyl (C=O) groups excluding carboxylic acids is 1. The number of ether oxygens (including phenoxy) is 1. The summed E-state index contributed by atoms with van der Waals surface area (Å²) in [5.74, 6) is 1.77. The van der Waals surface area contributed by atoms with Crippen LogP contribution in [0.3, 0.4) is 0 Å². The van der Waals surface area contributed by atoms with Gasteiger partial charge in [-0.1, -0.05) is 0 Å². The number of halogens is 1. The van der Waals surface area contributed by atoms with E-state index in [2.05, 4.69) is 15.1 Å². The SMILES string of the molecule is COC(=O)c1sc2ncn3nc(C45CC6CC(C4)CC(n4cnc(Cl)n4)(C6)C5)nc3c2c1C. The van der Waals surface area contributed by atoms with Crippen molar-refractivity contribution >= 4 is 44.8 Å². The van der Waals surface area contributed by atoms with Crippen LogP contribution in [0.5, 0.6) is 0 Å². The van der Waals surface area contributed by atoms with Gasteiger partial charge in [-0.3, -0.25) is 0 Å². The van der Waals surface area contributed by atoms with E-state index in [1.807, 2.05) is 11.6 Å². The monoisotopic (exact) mass is 483 g/mol. The summed E-state index contributed by atoms with van der Waals surface area (Å²) in [5.41, 5.74) is 1.42. The lowest BCUT2D eigenvalue weighted by Crippen LogP contribution is -2.58. The van der Waals surface area contributed by atoms with Gasteiger partial charge < -0.3 is 4.74 Å². The summed E-state index contributed by atoms with van der Waals surface area (Å²) in [6, 6.07) is 0. The molecule has 4 heterocycles. The minimum Gasteiger partial charge on any atom is -0.465 e. The highest BCUT2D eigenvalue weighted by Gasteiger charge is 2.61. The van der Waals surface area contributed by atoms with Crippen LogP contribution in [-0.4, -0.2) is 47.4 Å². The van der Waals surface area contributed by atoms with E-state index in [0.717, 1.165) is 59.4 Å². The Morgan fingerprint density at radius 1 is 1.18 bits per heavy atom. The van der Waals surface area contributed by atoms with Gasteiger partial charge in [0.25, 0.3) is 0 Å². The molecule has 0 spiro atoms. The van der Waals surface area contributed by atoms with Crippen LogP contribution < -0.4 is 0 Å². The topological polar surface area (TPSA) is 100 Å². The number of esters is 1. The Morgan fingerprint density at radius 2 is 1.97 bits per heavy atom. The molecule has 4 bridgehead atoms. The lowest BCUT2D eigenvalue weighted by molar-refractivity contribution is -0.0715. The molecule has 4 aromatic rings. The van der Waals surface area contributed by atoms with Crippen molar-refractivity contribution in [3.8, 4) is 0 Å². The van der Waals surface area contributed by atoms with Crippen LogP contribution in [0.4, 0.5) is 0 Å². The van der Waals surface area contributed by atoms with E-state index in [4.69, 9.17) is 26.4 Å². The second-order valence-electron chi connectivity index (χ2n) is 10.1. The van der Waals surface area contributed by atoms with Crippen LogP contribution in [-0.2, 0) is 15.7 Å². The summed E-state index contributed by atoms with van der Waals surface area (Å²) in [5, 5.41) is 10.7. The maximum Gasteiger partial charge on any atom is 0.348 e. The maximum absolute atomic E-state index is 12.2. The molecule has 33 heavy (non-hydrogen) atoms. The summed E-state index contributed by atoms with van der Waals surface area (Å²) >= 11 is 7.44. The smallest absolute Gasteiger partial charge is 0.348 e. The third kappa shape index (κ3) is 2.64. The van der Waals surface area contributed by atoms with Crippen LogP contribution in [0.25, 0.3) is 15.9 Å². The first kappa shape index (κ1) is 19.8. The number of fused-ring (bicyclic) bond motifs is 3. The van der Waals surface area contributed by atoms with Crippen molar-refractivity contribution in [3.63, 3.8) is 0 Å². The van der Waals surface area contributed by atoms with Crippen molar-refractivity contribution in [1.29, 1.82) is 0 Å². The van der Waals surface area contributed by atoms with E-state index in [0.29, 0.717) is 22.0 Å². The maximum atomic E-state index is 12.2. The molecule has 0 aliphatic heterocycles. The Bertz CT molecular complexity index is 1440. The predicted molar refractivity (Wildman–Crippen MR) is 122 cm³/mol. The number of nitrogens with zero attached hydrogens (tertiary/aromatic N) is 7. The predicted octanol–water partition coefficient (Wildman–Crippen LogP) is 3.93. The van der Waals surface area contributed by atoms with Gasteiger partial charge in [0.1, 0.15) is 22.4 Å². The molecule has 8 rings (SSSR count). The number of aromatic nitrogens is 7. The second kappa shape index (κ2) is 6.50. The first-order valence-electron chi connectivity index (χ1n) is 11.2. The van der Waals surface area contributed by atoms with E-state index in [1.54, 1.807) is 17.2 Å². The van der Waals surface area contributed by atoms with Gasteiger partial charge in [-0.2, -0.15) is 0 Å². The number of aryl methyl sites for hydroxylation is 1. The van der Waals surface area contributed by atoms with Gasteiger partial charge in [-0.25, -0.2) is 28.9 Å². The molecule has 0 amide bonds. The molecule has 11 heteroatoms. The number of thiophene rings is 1. The molecule has 4 aliphatic rings. The molecule has 2 atom stereocenters. The number of rotatable bonds is 3. The Hall–Kier alpha value is -2.59. The van der Waals surface area contributed by atoms with Gasteiger partial charge in [0.2, 0.25) is 5.28 Å². The van der Waals surface area contributed by atoms with Crippen molar-refractivity contribution in [2.75, 3.05) is 7.11 Å². The minimum atomic E-state index is -0.345. The third-order valence-electron chi connectivity index (χ3n) is 8.09. The average molecular weight is 484 g/mol. The van der Waals surface area contributed by atoms with Crippen LogP contribution in [0.2, 0.25) is 5.28 Å². The molecule has 0 N–H and O–H groups in total. The summed E-state index contributed by atoms with van der Waals surface area (Å²) in [7, 11) is 1.40.